The van der Waals surface area contributed by atoms with Crippen molar-refractivity contribution in [3.8, 4) is 22.8 Å². The van der Waals surface area contributed by atoms with E-state index in [4.69, 9.17) is 9.47 Å². The molecule has 8 heteroatoms. The minimum Gasteiger partial charge on any atom is -0.497 e. The SMILES string of the molecule is COc1ccc2c(c1)c(OCCN(C)C)c(-c1ccccc1)n2S(=O)(=O)c1ccc(Br)cc1. The number of methoxy groups -OCH3 is 1. The number of hydrogen-bond donors (Lipinski definition) is 0. The maximum atomic E-state index is 14.0. The van der Waals surface area contributed by atoms with Crippen molar-refractivity contribution in [1.29, 1.82) is 0 Å². The van der Waals surface area contributed by atoms with Gasteiger partial charge in [-0.25, -0.2) is 12.4 Å². The second-order valence-electron chi connectivity index (χ2n) is 7.80. The second-order valence-corrected chi connectivity index (χ2v) is 10.5. The van der Waals surface area contributed by atoms with Gasteiger partial charge in [0.05, 0.1) is 17.5 Å². The molecule has 172 valence electrons. The number of hydrogen-bond acceptors (Lipinski definition) is 5. The molecule has 0 aliphatic carbocycles. The molecular formula is C25H25BrN2O4S. The number of ether oxygens (including phenoxy) is 2. The Kier molecular flexibility index (Phi) is 6.78. The summed E-state index contributed by atoms with van der Waals surface area (Å²) < 4.78 is 41.8. The minimum absolute atomic E-state index is 0.190. The van der Waals surface area contributed by atoms with E-state index in [-0.39, 0.29) is 4.90 Å². The van der Waals surface area contributed by atoms with Gasteiger partial charge in [-0.1, -0.05) is 46.3 Å². The number of benzene rings is 3. The van der Waals surface area contributed by atoms with Crippen LogP contribution in [0.5, 0.6) is 11.5 Å². The van der Waals surface area contributed by atoms with Gasteiger partial charge < -0.3 is 14.4 Å². The molecule has 1 heterocycles. The van der Waals surface area contributed by atoms with Crippen LogP contribution in [0.1, 0.15) is 0 Å². The molecule has 4 aromatic rings. The van der Waals surface area contributed by atoms with Crippen LogP contribution in [-0.2, 0) is 10.0 Å². The highest BCUT2D eigenvalue weighted by Crippen LogP contribution is 2.43. The highest BCUT2D eigenvalue weighted by molar-refractivity contribution is 9.10. The number of likely N-dealkylation sites (N-methyl/N-ethyl adjacent to an activating group) is 1. The summed E-state index contributed by atoms with van der Waals surface area (Å²) in [4.78, 5) is 2.20. The van der Waals surface area contributed by atoms with E-state index in [9.17, 15) is 8.42 Å². The summed E-state index contributed by atoms with van der Waals surface area (Å²) in [6, 6.07) is 21.4. The van der Waals surface area contributed by atoms with Crippen LogP contribution >= 0.6 is 15.9 Å². The molecule has 33 heavy (non-hydrogen) atoms. The zero-order valence-electron chi connectivity index (χ0n) is 18.7. The van der Waals surface area contributed by atoms with Crippen molar-refractivity contribution in [2.75, 3.05) is 34.4 Å². The first-order chi connectivity index (χ1) is 15.8. The van der Waals surface area contributed by atoms with Crippen LogP contribution in [0.2, 0.25) is 0 Å². The zero-order valence-corrected chi connectivity index (χ0v) is 21.1. The molecule has 0 aliphatic rings. The lowest BCUT2D eigenvalue weighted by Gasteiger charge is -2.15. The highest BCUT2D eigenvalue weighted by Gasteiger charge is 2.29. The summed E-state index contributed by atoms with van der Waals surface area (Å²) >= 11 is 3.38. The van der Waals surface area contributed by atoms with Gasteiger partial charge in [0, 0.05) is 22.0 Å². The molecule has 0 atom stereocenters. The summed E-state index contributed by atoms with van der Waals surface area (Å²) in [5.41, 5.74) is 1.76. The Morgan fingerprint density at radius 1 is 0.970 bits per heavy atom. The van der Waals surface area contributed by atoms with Crippen LogP contribution < -0.4 is 9.47 Å². The topological polar surface area (TPSA) is 60.8 Å². The molecule has 0 aliphatic heterocycles. The molecular weight excluding hydrogens is 504 g/mol. The summed E-state index contributed by atoms with van der Waals surface area (Å²) in [6.07, 6.45) is 0. The van der Waals surface area contributed by atoms with Crippen molar-refractivity contribution in [3.63, 3.8) is 0 Å². The Morgan fingerprint density at radius 2 is 1.67 bits per heavy atom. The van der Waals surface area contributed by atoms with E-state index in [0.717, 1.165) is 10.0 Å². The Balaban J connectivity index is 2.05. The first kappa shape index (κ1) is 23.4. The number of fused-ring (bicyclic) bond motifs is 1. The normalized spacial score (nSPS) is 11.8. The summed E-state index contributed by atoms with van der Waals surface area (Å²) in [5.74, 6) is 1.13. The van der Waals surface area contributed by atoms with E-state index in [1.807, 2.05) is 55.4 Å². The van der Waals surface area contributed by atoms with Crippen molar-refractivity contribution in [3.05, 3.63) is 77.3 Å². The highest BCUT2D eigenvalue weighted by atomic mass is 79.9. The van der Waals surface area contributed by atoms with Crippen LogP contribution in [0.15, 0.2) is 82.2 Å². The van der Waals surface area contributed by atoms with E-state index in [2.05, 4.69) is 15.9 Å². The fourth-order valence-electron chi connectivity index (χ4n) is 3.62. The van der Waals surface area contributed by atoms with E-state index in [1.54, 1.807) is 43.5 Å². The number of rotatable bonds is 8. The van der Waals surface area contributed by atoms with Gasteiger partial charge in [0.15, 0.2) is 5.75 Å². The van der Waals surface area contributed by atoms with Gasteiger partial charge in [-0.2, -0.15) is 0 Å². The summed E-state index contributed by atoms with van der Waals surface area (Å²) in [6.45, 7) is 1.09. The molecule has 0 unspecified atom stereocenters. The Hall–Kier alpha value is -2.81. The van der Waals surface area contributed by atoms with Crippen molar-refractivity contribution >= 4 is 36.9 Å². The first-order valence-electron chi connectivity index (χ1n) is 10.4. The van der Waals surface area contributed by atoms with Crippen LogP contribution in [0, 0.1) is 0 Å². The minimum atomic E-state index is -3.94. The van der Waals surface area contributed by atoms with Gasteiger partial charge in [0.25, 0.3) is 10.0 Å². The third-order valence-corrected chi connectivity index (χ3v) is 7.53. The van der Waals surface area contributed by atoms with Crippen molar-refractivity contribution in [1.82, 2.24) is 8.87 Å². The Labute approximate surface area is 202 Å². The quantitative estimate of drug-likeness (QED) is 0.312. The molecule has 0 fully saturated rings. The molecule has 0 N–H and O–H groups in total. The van der Waals surface area contributed by atoms with Gasteiger partial charge in [0.1, 0.15) is 18.1 Å². The number of aromatic nitrogens is 1. The number of halogens is 1. The van der Waals surface area contributed by atoms with Gasteiger partial charge in [0.2, 0.25) is 0 Å². The zero-order chi connectivity index (χ0) is 23.6. The van der Waals surface area contributed by atoms with Gasteiger partial charge in [-0.15, -0.1) is 0 Å². The van der Waals surface area contributed by atoms with Gasteiger partial charge in [-0.3, -0.25) is 0 Å². The molecule has 0 saturated carbocycles. The fraction of sp³-hybridized carbons (Fsp3) is 0.200. The first-order valence-corrected chi connectivity index (χ1v) is 12.6. The molecule has 6 nitrogen and oxygen atoms in total. The van der Waals surface area contributed by atoms with Crippen LogP contribution in [0.4, 0.5) is 0 Å². The van der Waals surface area contributed by atoms with Crippen LogP contribution in [-0.4, -0.2) is 51.6 Å². The smallest absolute Gasteiger partial charge is 0.268 e. The molecule has 0 radical (unpaired) electrons. The maximum absolute atomic E-state index is 14.0. The Bertz CT molecular complexity index is 1370. The fourth-order valence-corrected chi connectivity index (χ4v) is 5.43. The Morgan fingerprint density at radius 3 is 2.30 bits per heavy atom. The molecule has 3 aromatic carbocycles. The average molecular weight is 529 g/mol. The standard InChI is InChI=1S/C25H25BrN2O4S/c1-27(2)15-16-32-25-22-17-20(31-3)11-14-23(22)28(24(25)18-7-5-4-6-8-18)33(29,30)21-12-9-19(26)10-13-21/h4-14,17H,15-16H2,1-3H3. The van der Waals surface area contributed by atoms with Crippen LogP contribution in [0.25, 0.3) is 22.2 Å². The van der Waals surface area contributed by atoms with Crippen molar-refractivity contribution < 1.29 is 17.9 Å². The lowest BCUT2D eigenvalue weighted by molar-refractivity contribution is 0.264. The predicted molar refractivity (Wildman–Crippen MR) is 135 cm³/mol. The molecule has 0 spiro atoms. The second kappa shape index (κ2) is 9.59. The van der Waals surface area contributed by atoms with Gasteiger partial charge in [-0.05, 0) is 56.6 Å². The van der Waals surface area contributed by atoms with Gasteiger partial charge >= 0.3 is 0 Å². The maximum Gasteiger partial charge on any atom is 0.268 e. The number of nitrogens with zero attached hydrogens (tertiary/aromatic N) is 2. The molecule has 1 aromatic heterocycles. The summed E-state index contributed by atoms with van der Waals surface area (Å²) in [5, 5.41) is 0.674. The summed E-state index contributed by atoms with van der Waals surface area (Å²) in [7, 11) is 1.58. The van der Waals surface area contributed by atoms with E-state index in [1.165, 1.54) is 3.97 Å². The molecule has 0 bridgehead atoms. The van der Waals surface area contributed by atoms with E-state index >= 15 is 0 Å². The molecule has 0 saturated heterocycles. The average Bonchev–Trinajstić information content (AvgIpc) is 3.14. The molecule has 4 rings (SSSR count). The largest absolute Gasteiger partial charge is 0.497 e. The monoisotopic (exact) mass is 528 g/mol. The van der Waals surface area contributed by atoms with Crippen molar-refractivity contribution in [2.24, 2.45) is 0 Å². The molecule has 0 amide bonds. The third-order valence-electron chi connectivity index (χ3n) is 5.27. The van der Waals surface area contributed by atoms with E-state index in [0.29, 0.717) is 41.2 Å². The lowest BCUT2D eigenvalue weighted by Crippen LogP contribution is -2.19. The predicted octanol–water partition coefficient (Wildman–Crippen LogP) is 5.26. The van der Waals surface area contributed by atoms with E-state index < -0.39 is 10.0 Å². The third kappa shape index (κ3) is 4.64. The lowest BCUT2D eigenvalue weighted by atomic mass is 10.1. The van der Waals surface area contributed by atoms with Crippen molar-refractivity contribution in [2.45, 2.75) is 4.90 Å². The van der Waals surface area contributed by atoms with Crippen LogP contribution in [0.3, 0.4) is 0 Å².